The first kappa shape index (κ1) is 17.9. The molecule has 8 nitrogen and oxygen atoms in total. The van der Waals surface area contributed by atoms with Gasteiger partial charge in [-0.3, -0.25) is 10.6 Å². The molecule has 0 spiro atoms. The maximum Gasteiger partial charge on any atom is 0.237 e. The molecule has 0 aromatic heterocycles. The normalized spacial score (nSPS) is 13.8. The standard InChI is InChI=1S/C11H26N6O2/c12-6-2-1-5-10(13)11(19)16-9(8-18)4-3-7-15-17-14/h8-10,15,17H,1-7,12-14H2,(H,16,19)/t9-,10?/m0/s1. The number of carbonyl (C=O) groups is 2. The molecule has 0 aliphatic heterocycles. The van der Waals surface area contributed by atoms with E-state index in [0.29, 0.717) is 32.4 Å². The zero-order chi connectivity index (χ0) is 14.5. The van der Waals surface area contributed by atoms with E-state index in [2.05, 4.69) is 16.3 Å². The lowest BCUT2D eigenvalue weighted by Gasteiger charge is -2.16. The van der Waals surface area contributed by atoms with Gasteiger partial charge >= 0.3 is 0 Å². The molecule has 2 atom stereocenters. The molecule has 0 radical (unpaired) electrons. The maximum atomic E-state index is 11.7. The molecule has 1 amide bonds. The Morgan fingerprint density at radius 2 is 1.95 bits per heavy atom. The van der Waals surface area contributed by atoms with E-state index in [1.165, 1.54) is 0 Å². The van der Waals surface area contributed by atoms with Gasteiger partial charge in [-0.1, -0.05) is 6.42 Å². The van der Waals surface area contributed by atoms with Crippen LogP contribution in [0.4, 0.5) is 0 Å². The van der Waals surface area contributed by atoms with Gasteiger partial charge in [-0.25, -0.2) is 5.43 Å². The Morgan fingerprint density at radius 1 is 1.21 bits per heavy atom. The van der Waals surface area contributed by atoms with Crippen molar-refractivity contribution in [3.05, 3.63) is 0 Å². The van der Waals surface area contributed by atoms with Gasteiger partial charge in [0.25, 0.3) is 0 Å². The highest BCUT2D eigenvalue weighted by Gasteiger charge is 2.17. The lowest BCUT2D eigenvalue weighted by Crippen LogP contribution is -2.46. The highest BCUT2D eigenvalue weighted by molar-refractivity contribution is 5.84. The fraction of sp³-hybridized carbons (Fsp3) is 0.818. The molecule has 8 heteroatoms. The van der Waals surface area contributed by atoms with Crippen LogP contribution in [0.1, 0.15) is 32.1 Å². The number of hydrazine groups is 2. The second-order valence-electron chi connectivity index (χ2n) is 4.36. The number of hydrogen-bond donors (Lipinski definition) is 6. The number of rotatable bonds is 12. The first-order chi connectivity index (χ1) is 9.15. The van der Waals surface area contributed by atoms with Gasteiger partial charge in [-0.15, -0.1) is 0 Å². The smallest absolute Gasteiger partial charge is 0.237 e. The van der Waals surface area contributed by atoms with Gasteiger partial charge in [0.2, 0.25) is 5.91 Å². The highest BCUT2D eigenvalue weighted by atomic mass is 16.2. The Balaban J connectivity index is 3.87. The molecule has 0 aliphatic rings. The molecule has 0 aromatic rings. The Morgan fingerprint density at radius 3 is 2.53 bits per heavy atom. The lowest BCUT2D eigenvalue weighted by atomic mass is 10.1. The molecule has 0 heterocycles. The van der Waals surface area contributed by atoms with Gasteiger partial charge in [0, 0.05) is 6.54 Å². The molecule has 0 bridgehead atoms. The van der Waals surface area contributed by atoms with Crippen molar-refractivity contribution in [3.8, 4) is 0 Å². The summed E-state index contributed by atoms with van der Waals surface area (Å²) in [5, 5.41) is 2.63. The van der Waals surface area contributed by atoms with E-state index in [-0.39, 0.29) is 5.91 Å². The molecule has 0 aromatic carbocycles. The van der Waals surface area contributed by atoms with E-state index in [1.54, 1.807) is 0 Å². The minimum absolute atomic E-state index is 0.293. The first-order valence-electron chi connectivity index (χ1n) is 6.55. The summed E-state index contributed by atoms with van der Waals surface area (Å²) < 4.78 is 0. The molecular formula is C11H26N6O2. The van der Waals surface area contributed by atoms with Crippen LogP contribution in [0.15, 0.2) is 0 Å². The zero-order valence-electron chi connectivity index (χ0n) is 11.2. The van der Waals surface area contributed by atoms with E-state index >= 15 is 0 Å². The van der Waals surface area contributed by atoms with Crippen LogP contribution < -0.4 is 33.6 Å². The second kappa shape index (κ2) is 12.0. The minimum atomic E-state index is -0.585. The summed E-state index contributed by atoms with van der Waals surface area (Å²) in [6.07, 6.45) is 4.20. The third-order valence-corrected chi connectivity index (χ3v) is 2.72. The molecular weight excluding hydrogens is 248 g/mol. The van der Waals surface area contributed by atoms with Crippen LogP contribution in [0.3, 0.4) is 0 Å². The Kier molecular flexibility index (Phi) is 11.3. The van der Waals surface area contributed by atoms with Crippen molar-refractivity contribution in [1.82, 2.24) is 16.3 Å². The minimum Gasteiger partial charge on any atom is -0.345 e. The number of nitrogens with two attached hydrogens (primary N) is 3. The van der Waals surface area contributed by atoms with Crippen LogP contribution in [0.5, 0.6) is 0 Å². The van der Waals surface area contributed by atoms with Gasteiger partial charge in [0.15, 0.2) is 0 Å². The lowest BCUT2D eigenvalue weighted by molar-refractivity contribution is -0.125. The van der Waals surface area contributed by atoms with E-state index in [0.717, 1.165) is 19.1 Å². The summed E-state index contributed by atoms with van der Waals surface area (Å²) in [6.45, 7) is 1.20. The largest absolute Gasteiger partial charge is 0.345 e. The predicted molar refractivity (Wildman–Crippen MR) is 73.4 cm³/mol. The molecule has 0 rings (SSSR count). The third kappa shape index (κ3) is 9.51. The summed E-state index contributed by atoms with van der Waals surface area (Å²) in [5.41, 5.74) is 16.1. The monoisotopic (exact) mass is 274 g/mol. The van der Waals surface area contributed by atoms with Crippen molar-refractivity contribution < 1.29 is 9.59 Å². The number of nitrogens with one attached hydrogen (secondary N) is 3. The van der Waals surface area contributed by atoms with Crippen molar-refractivity contribution in [1.29, 1.82) is 0 Å². The van der Waals surface area contributed by atoms with Crippen molar-refractivity contribution in [2.75, 3.05) is 13.1 Å². The molecule has 0 saturated heterocycles. The van der Waals surface area contributed by atoms with Crippen LogP contribution in [-0.4, -0.2) is 37.4 Å². The van der Waals surface area contributed by atoms with Crippen LogP contribution in [0.2, 0.25) is 0 Å². The molecule has 0 fully saturated rings. The summed E-state index contributed by atoms with van der Waals surface area (Å²) >= 11 is 0. The summed E-state index contributed by atoms with van der Waals surface area (Å²) in [5.74, 6) is 4.74. The van der Waals surface area contributed by atoms with Crippen LogP contribution in [0, 0.1) is 0 Å². The quantitative estimate of drug-likeness (QED) is 0.103. The highest BCUT2D eigenvalue weighted by Crippen LogP contribution is 2.00. The number of amides is 1. The first-order valence-corrected chi connectivity index (χ1v) is 6.55. The van der Waals surface area contributed by atoms with Crippen LogP contribution in [-0.2, 0) is 9.59 Å². The summed E-state index contributed by atoms with van der Waals surface area (Å²) in [4.78, 5) is 22.6. The van der Waals surface area contributed by atoms with Crippen LogP contribution >= 0.6 is 0 Å². The fourth-order valence-corrected chi connectivity index (χ4v) is 1.59. The van der Waals surface area contributed by atoms with Gasteiger partial charge < -0.3 is 21.6 Å². The summed E-state index contributed by atoms with van der Waals surface area (Å²) in [6, 6.07) is -1.09. The Bertz CT molecular complexity index is 251. The number of hydrogen-bond acceptors (Lipinski definition) is 7. The van der Waals surface area contributed by atoms with Crippen molar-refractivity contribution >= 4 is 12.2 Å². The van der Waals surface area contributed by atoms with Gasteiger partial charge in [-0.2, -0.15) is 5.53 Å². The molecule has 112 valence electrons. The van der Waals surface area contributed by atoms with E-state index in [1.807, 2.05) is 0 Å². The predicted octanol–water partition coefficient (Wildman–Crippen LogP) is -2.13. The molecule has 0 saturated carbocycles. The van der Waals surface area contributed by atoms with Gasteiger partial charge in [0.1, 0.15) is 6.29 Å². The maximum absolute atomic E-state index is 11.7. The van der Waals surface area contributed by atoms with Crippen LogP contribution in [0.25, 0.3) is 0 Å². The van der Waals surface area contributed by atoms with Crippen molar-refractivity contribution in [2.24, 2.45) is 17.3 Å². The molecule has 9 N–H and O–H groups in total. The van der Waals surface area contributed by atoms with Gasteiger partial charge in [-0.05, 0) is 32.2 Å². The van der Waals surface area contributed by atoms with Gasteiger partial charge in [0.05, 0.1) is 12.1 Å². The third-order valence-electron chi connectivity index (χ3n) is 2.72. The van der Waals surface area contributed by atoms with E-state index in [4.69, 9.17) is 17.3 Å². The Labute approximate surface area is 113 Å². The average molecular weight is 274 g/mol. The molecule has 0 aliphatic carbocycles. The fourth-order valence-electron chi connectivity index (χ4n) is 1.59. The number of aldehydes is 1. The number of carbonyl (C=O) groups excluding carboxylic acids is 2. The second-order valence-corrected chi connectivity index (χ2v) is 4.36. The summed E-state index contributed by atoms with van der Waals surface area (Å²) in [7, 11) is 0. The molecule has 1 unspecified atom stereocenters. The van der Waals surface area contributed by atoms with Crippen molar-refractivity contribution in [2.45, 2.75) is 44.2 Å². The SMILES string of the molecule is NCCCCC(N)C(=O)N[C@H](C=O)CCCNNN. The van der Waals surface area contributed by atoms with E-state index < -0.39 is 12.1 Å². The molecule has 19 heavy (non-hydrogen) atoms. The zero-order valence-corrected chi connectivity index (χ0v) is 11.2. The van der Waals surface area contributed by atoms with E-state index in [9.17, 15) is 9.59 Å². The topological polar surface area (TPSA) is 148 Å². The average Bonchev–Trinajstić information content (AvgIpc) is 2.42. The Hall–Kier alpha value is -1.06. The number of unbranched alkanes of at least 4 members (excludes halogenated alkanes) is 1. The van der Waals surface area contributed by atoms with Crippen molar-refractivity contribution in [3.63, 3.8) is 0 Å².